The molecule has 0 aromatic heterocycles. The Hall–Kier alpha value is -3.68. The molecule has 3 rings (SSSR count). The Balaban J connectivity index is 1.53. The van der Waals surface area contributed by atoms with Crippen LogP contribution in [0.4, 0.5) is 0 Å². The quantitative estimate of drug-likeness (QED) is 0.105. The van der Waals surface area contributed by atoms with Crippen molar-refractivity contribution in [2.24, 2.45) is 4.99 Å². The fourth-order valence-corrected chi connectivity index (χ4v) is 5.22. The Bertz CT molecular complexity index is 1330. The summed E-state index contributed by atoms with van der Waals surface area (Å²) in [7, 11) is 0. The van der Waals surface area contributed by atoms with Gasteiger partial charge in [-0.15, -0.1) is 0 Å². The summed E-state index contributed by atoms with van der Waals surface area (Å²) >= 11 is 0. The third kappa shape index (κ3) is 9.94. The van der Waals surface area contributed by atoms with E-state index in [4.69, 9.17) is 19.9 Å². The first-order valence-electron chi connectivity index (χ1n) is 15.4. The normalized spacial score (nSPS) is 14.6. The van der Waals surface area contributed by atoms with E-state index in [0.717, 1.165) is 19.1 Å². The number of hydrogen-bond donors (Lipinski definition) is 3. The molecule has 1 aliphatic carbocycles. The van der Waals surface area contributed by atoms with Crippen molar-refractivity contribution in [1.29, 1.82) is 5.41 Å². The van der Waals surface area contributed by atoms with Crippen LogP contribution in [0.5, 0.6) is 23.0 Å². The van der Waals surface area contributed by atoms with Crippen molar-refractivity contribution >= 4 is 24.4 Å². The molecular weight excluding hydrogens is 544 g/mol. The Labute approximate surface area is 256 Å². The molecule has 0 atom stereocenters. The molecule has 234 valence electrons. The predicted octanol–water partition coefficient (Wildman–Crippen LogP) is 7.90. The van der Waals surface area contributed by atoms with Crippen LogP contribution in [-0.2, 0) is 20.4 Å². The minimum atomic E-state index is -0.412. The molecule has 8 heteroatoms. The van der Waals surface area contributed by atoms with Gasteiger partial charge < -0.3 is 25.1 Å². The van der Waals surface area contributed by atoms with Crippen molar-refractivity contribution in [3.05, 3.63) is 46.5 Å². The summed E-state index contributed by atoms with van der Waals surface area (Å²) in [5.41, 5.74) is 1.39. The summed E-state index contributed by atoms with van der Waals surface area (Å²) in [6.45, 7) is 11.8. The SMILES string of the molecule is CC(C)(C)c1cc(OC(=O)CCCCCC(=O)Oc2cc(C=NC3CCCCC3)c(O)c(C(C)(C)C)c2)cc(C=N)c1O. The van der Waals surface area contributed by atoms with Gasteiger partial charge in [0.05, 0.1) is 0 Å². The topological polar surface area (TPSA) is 129 Å². The van der Waals surface area contributed by atoms with Gasteiger partial charge in [-0.1, -0.05) is 67.2 Å². The number of hydrogen-bond acceptors (Lipinski definition) is 8. The number of aliphatic imine (C=N–C) groups is 1. The second-order valence-corrected chi connectivity index (χ2v) is 13.5. The van der Waals surface area contributed by atoms with E-state index in [0.29, 0.717) is 53.0 Å². The van der Waals surface area contributed by atoms with Crippen LogP contribution >= 0.6 is 0 Å². The molecule has 1 saturated carbocycles. The Morgan fingerprint density at radius 1 is 0.791 bits per heavy atom. The van der Waals surface area contributed by atoms with Crippen LogP contribution in [0.25, 0.3) is 0 Å². The van der Waals surface area contributed by atoms with Gasteiger partial charge in [0.1, 0.15) is 23.0 Å². The summed E-state index contributed by atoms with van der Waals surface area (Å²) in [5, 5.41) is 28.9. The molecule has 8 nitrogen and oxygen atoms in total. The van der Waals surface area contributed by atoms with Crippen molar-refractivity contribution in [3.8, 4) is 23.0 Å². The molecule has 1 aliphatic rings. The highest BCUT2D eigenvalue weighted by Crippen LogP contribution is 2.37. The first kappa shape index (κ1) is 33.8. The van der Waals surface area contributed by atoms with Crippen LogP contribution in [0.3, 0.4) is 0 Å². The van der Waals surface area contributed by atoms with Crippen LogP contribution in [0.15, 0.2) is 29.3 Å². The van der Waals surface area contributed by atoms with Gasteiger partial charge in [-0.3, -0.25) is 14.6 Å². The molecule has 0 radical (unpaired) electrons. The number of carbonyl (C=O) groups is 2. The third-order valence-corrected chi connectivity index (χ3v) is 7.72. The van der Waals surface area contributed by atoms with Gasteiger partial charge in [0.25, 0.3) is 0 Å². The number of phenols is 2. The number of carbonyl (C=O) groups excluding carboxylic acids is 2. The molecule has 0 unspecified atom stereocenters. The molecule has 3 N–H and O–H groups in total. The summed E-state index contributed by atoms with van der Waals surface area (Å²) in [4.78, 5) is 29.8. The molecule has 0 bridgehead atoms. The predicted molar refractivity (Wildman–Crippen MR) is 170 cm³/mol. The number of phenolic OH excluding ortho intramolecular Hbond substituents is 2. The van der Waals surface area contributed by atoms with Crippen LogP contribution in [-0.4, -0.2) is 40.6 Å². The minimum absolute atomic E-state index is 0.0138. The lowest BCUT2D eigenvalue weighted by atomic mass is 9.85. The lowest BCUT2D eigenvalue weighted by Gasteiger charge is -2.23. The van der Waals surface area contributed by atoms with Gasteiger partial charge in [-0.05, 0) is 60.8 Å². The fraction of sp³-hybridized carbons (Fsp3) is 0.543. The van der Waals surface area contributed by atoms with Crippen molar-refractivity contribution in [3.63, 3.8) is 0 Å². The molecule has 2 aromatic rings. The van der Waals surface area contributed by atoms with E-state index >= 15 is 0 Å². The smallest absolute Gasteiger partial charge is 0.311 e. The summed E-state index contributed by atoms with van der Waals surface area (Å²) < 4.78 is 11.2. The monoisotopic (exact) mass is 592 g/mol. The van der Waals surface area contributed by atoms with Crippen LogP contribution < -0.4 is 9.47 Å². The highest BCUT2D eigenvalue weighted by molar-refractivity contribution is 5.86. The van der Waals surface area contributed by atoms with Gasteiger partial charge in [0.2, 0.25) is 0 Å². The number of esters is 2. The van der Waals surface area contributed by atoms with Crippen molar-refractivity contribution in [2.75, 3.05) is 0 Å². The fourth-order valence-electron chi connectivity index (χ4n) is 5.22. The maximum atomic E-state index is 12.7. The van der Waals surface area contributed by atoms with E-state index in [1.165, 1.54) is 25.3 Å². The van der Waals surface area contributed by atoms with E-state index in [9.17, 15) is 19.8 Å². The molecular formula is C35H48N2O6. The van der Waals surface area contributed by atoms with Crippen LogP contribution in [0.2, 0.25) is 0 Å². The summed E-state index contributed by atoms with van der Waals surface area (Å²) in [6, 6.07) is 6.77. The van der Waals surface area contributed by atoms with Gasteiger partial charge in [-0.25, -0.2) is 0 Å². The summed E-state index contributed by atoms with van der Waals surface area (Å²) in [6.07, 6.45) is 10.5. The lowest BCUT2D eigenvalue weighted by Crippen LogP contribution is -2.15. The van der Waals surface area contributed by atoms with Crippen LogP contribution in [0.1, 0.15) is 128 Å². The number of ether oxygens (including phenoxy) is 2. The Kier molecular flexibility index (Phi) is 11.5. The number of unbranched alkanes of at least 4 members (excludes halogenated alkanes) is 2. The minimum Gasteiger partial charge on any atom is -0.507 e. The summed E-state index contributed by atoms with van der Waals surface area (Å²) in [5.74, 6) is 0.0666. The molecule has 0 heterocycles. The standard InChI is InChI=1S/C35H48N2O6/c1-34(2,3)28-19-26(17-23(21-36)32(28)40)42-30(38)15-11-8-12-16-31(39)43-27-18-24(22-37-25-13-9-7-10-14-25)33(41)29(20-27)35(4,5)6/h17-22,25,36,40-41H,7-16H2,1-6H3. The highest BCUT2D eigenvalue weighted by Gasteiger charge is 2.24. The molecule has 0 saturated heterocycles. The highest BCUT2D eigenvalue weighted by atomic mass is 16.5. The zero-order valence-electron chi connectivity index (χ0n) is 26.6. The maximum Gasteiger partial charge on any atom is 0.311 e. The molecule has 0 spiro atoms. The average molecular weight is 593 g/mol. The van der Waals surface area contributed by atoms with Gasteiger partial charge in [0.15, 0.2) is 0 Å². The first-order chi connectivity index (χ1) is 20.2. The second-order valence-electron chi connectivity index (χ2n) is 13.5. The van der Waals surface area contributed by atoms with Crippen molar-refractivity contribution in [1.82, 2.24) is 0 Å². The molecule has 0 amide bonds. The van der Waals surface area contributed by atoms with E-state index in [1.54, 1.807) is 24.4 Å². The van der Waals surface area contributed by atoms with Crippen molar-refractivity contribution < 1.29 is 29.3 Å². The van der Waals surface area contributed by atoms with Gasteiger partial charge in [-0.2, -0.15) is 0 Å². The first-order valence-corrected chi connectivity index (χ1v) is 15.4. The number of rotatable bonds is 11. The Morgan fingerprint density at radius 2 is 1.26 bits per heavy atom. The molecule has 2 aromatic carbocycles. The zero-order chi connectivity index (χ0) is 31.8. The molecule has 0 aliphatic heterocycles. The third-order valence-electron chi connectivity index (χ3n) is 7.72. The van der Waals surface area contributed by atoms with Crippen LogP contribution in [0, 0.1) is 5.41 Å². The zero-order valence-corrected chi connectivity index (χ0v) is 26.6. The van der Waals surface area contributed by atoms with E-state index < -0.39 is 11.4 Å². The van der Waals surface area contributed by atoms with E-state index in [-0.39, 0.29) is 41.8 Å². The van der Waals surface area contributed by atoms with Crippen molar-refractivity contribution in [2.45, 2.75) is 123 Å². The number of aromatic hydroxyl groups is 2. The molecule has 1 fully saturated rings. The number of nitrogens with one attached hydrogen (secondary N) is 1. The lowest BCUT2D eigenvalue weighted by molar-refractivity contribution is -0.134. The van der Waals surface area contributed by atoms with Gasteiger partial charge >= 0.3 is 11.9 Å². The largest absolute Gasteiger partial charge is 0.507 e. The number of nitrogens with zero attached hydrogens (tertiary/aromatic N) is 1. The molecule has 43 heavy (non-hydrogen) atoms. The average Bonchev–Trinajstić information content (AvgIpc) is 2.93. The maximum absolute atomic E-state index is 12.7. The second kappa shape index (κ2) is 14.7. The van der Waals surface area contributed by atoms with E-state index in [1.807, 2.05) is 41.5 Å². The Morgan fingerprint density at radius 3 is 1.72 bits per heavy atom. The number of benzene rings is 2. The van der Waals surface area contributed by atoms with Gasteiger partial charge in [0, 0.05) is 53.6 Å². The van der Waals surface area contributed by atoms with E-state index in [2.05, 4.69) is 0 Å².